The summed E-state index contributed by atoms with van der Waals surface area (Å²) in [6.07, 6.45) is 7.95. The van der Waals surface area contributed by atoms with Crippen molar-refractivity contribution in [2.24, 2.45) is 5.92 Å². The van der Waals surface area contributed by atoms with Gasteiger partial charge in [-0.3, -0.25) is 4.79 Å². The minimum atomic E-state index is -0.0428. The number of carbonyl (C=O) groups excluding carboxylic acids is 1. The van der Waals surface area contributed by atoms with Gasteiger partial charge in [-0.2, -0.15) is 0 Å². The molecule has 1 fully saturated rings. The van der Waals surface area contributed by atoms with Crippen molar-refractivity contribution in [2.45, 2.75) is 45.1 Å². The molecule has 1 N–H and O–H groups in total. The summed E-state index contributed by atoms with van der Waals surface area (Å²) < 4.78 is 5.04. The number of ether oxygens (including phenoxy) is 1. The molecular weight excluding hydrogens is 240 g/mol. The number of carbonyl (C=O) groups is 1. The monoisotopic (exact) mass is 262 g/mol. The predicted molar refractivity (Wildman–Crippen MR) is 74.3 cm³/mol. The molecule has 0 aromatic carbocycles. The molecule has 0 unspecified atom stereocenters. The van der Waals surface area contributed by atoms with Gasteiger partial charge in [-0.1, -0.05) is 19.3 Å². The highest BCUT2D eigenvalue weighted by Gasteiger charge is 2.21. The normalized spacial score (nSPS) is 17.8. The van der Waals surface area contributed by atoms with Crippen molar-refractivity contribution in [3.8, 4) is 5.88 Å². The van der Waals surface area contributed by atoms with Crippen molar-refractivity contribution < 1.29 is 9.53 Å². The summed E-state index contributed by atoms with van der Waals surface area (Å²) in [5, 5.41) is 3.09. The number of rotatable bonds is 4. The Balaban J connectivity index is 1.95. The largest absolute Gasteiger partial charge is 0.481 e. The molecule has 0 spiro atoms. The average Bonchev–Trinajstić information content (AvgIpc) is 2.48. The molecule has 4 nitrogen and oxygen atoms in total. The van der Waals surface area contributed by atoms with E-state index in [1.807, 2.05) is 0 Å². The highest BCUT2D eigenvalue weighted by Crippen LogP contribution is 2.26. The summed E-state index contributed by atoms with van der Waals surface area (Å²) >= 11 is 0. The molecule has 1 atom stereocenters. The summed E-state index contributed by atoms with van der Waals surface area (Å²) in [5.41, 5.74) is 0.606. The molecule has 1 saturated carbocycles. The Labute approximate surface area is 114 Å². The standard InChI is InChI=1S/C15H22N2O2/c1-11(12-6-4-3-5-7-12)17-15(18)13-8-9-16-14(10-13)19-2/h8-12H,3-7H2,1-2H3,(H,17,18)/t11-/m0/s1. The Kier molecular flexibility index (Phi) is 4.77. The number of pyridine rings is 1. The fourth-order valence-electron chi connectivity index (χ4n) is 2.70. The molecule has 4 heteroatoms. The van der Waals surface area contributed by atoms with Crippen molar-refractivity contribution in [3.63, 3.8) is 0 Å². The number of aromatic nitrogens is 1. The first kappa shape index (κ1) is 13.8. The van der Waals surface area contributed by atoms with E-state index in [1.54, 1.807) is 25.4 Å². The lowest BCUT2D eigenvalue weighted by Crippen LogP contribution is -2.38. The van der Waals surface area contributed by atoms with Gasteiger partial charge in [0.15, 0.2) is 0 Å². The molecule has 1 aromatic heterocycles. The lowest BCUT2D eigenvalue weighted by molar-refractivity contribution is 0.0918. The minimum absolute atomic E-state index is 0.0428. The molecule has 0 bridgehead atoms. The number of hydrogen-bond donors (Lipinski definition) is 1. The van der Waals surface area contributed by atoms with Crippen LogP contribution in [0.25, 0.3) is 0 Å². The number of nitrogens with one attached hydrogen (secondary N) is 1. The van der Waals surface area contributed by atoms with Gasteiger partial charge in [0.25, 0.3) is 5.91 Å². The van der Waals surface area contributed by atoms with E-state index in [0.29, 0.717) is 17.4 Å². The quantitative estimate of drug-likeness (QED) is 0.907. The van der Waals surface area contributed by atoms with Crippen molar-refractivity contribution in [2.75, 3.05) is 7.11 Å². The molecular formula is C15H22N2O2. The molecule has 0 aliphatic heterocycles. The third kappa shape index (κ3) is 3.69. The van der Waals surface area contributed by atoms with Crippen LogP contribution in [0.3, 0.4) is 0 Å². The van der Waals surface area contributed by atoms with Crippen LogP contribution in [-0.4, -0.2) is 24.0 Å². The maximum absolute atomic E-state index is 12.2. The summed E-state index contributed by atoms with van der Waals surface area (Å²) in [5.74, 6) is 1.04. The van der Waals surface area contributed by atoms with Crippen LogP contribution in [-0.2, 0) is 0 Å². The van der Waals surface area contributed by atoms with Crippen LogP contribution in [0.5, 0.6) is 5.88 Å². The molecule has 2 rings (SSSR count). The maximum atomic E-state index is 12.2. The Morgan fingerprint density at radius 2 is 2.16 bits per heavy atom. The minimum Gasteiger partial charge on any atom is -0.481 e. The summed E-state index contributed by atoms with van der Waals surface area (Å²) in [6.45, 7) is 2.10. The Morgan fingerprint density at radius 3 is 2.84 bits per heavy atom. The van der Waals surface area contributed by atoms with E-state index in [9.17, 15) is 4.79 Å². The molecule has 1 aromatic rings. The third-order valence-corrected chi connectivity index (χ3v) is 3.92. The molecule has 1 amide bonds. The van der Waals surface area contributed by atoms with E-state index in [-0.39, 0.29) is 11.9 Å². The summed E-state index contributed by atoms with van der Waals surface area (Å²) in [7, 11) is 1.55. The van der Waals surface area contributed by atoms with Crippen LogP contribution in [0.15, 0.2) is 18.3 Å². The van der Waals surface area contributed by atoms with E-state index in [1.165, 1.54) is 32.1 Å². The fraction of sp³-hybridized carbons (Fsp3) is 0.600. The van der Waals surface area contributed by atoms with Crippen LogP contribution in [0.4, 0.5) is 0 Å². The maximum Gasteiger partial charge on any atom is 0.251 e. The highest BCUT2D eigenvalue weighted by atomic mass is 16.5. The SMILES string of the molecule is COc1cc(C(=O)N[C@@H](C)C2CCCCC2)ccn1. The highest BCUT2D eigenvalue weighted by molar-refractivity contribution is 5.94. The zero-order valence-corrected chi connectivity index (χ0v) is 11.7. The second kappa shape index (κ2) is 6.55. The number of hydrogen-bond acceptors (Lipinski definition) is 3. The van der Waals surface area contributed by atoms with Gasteiger partial charge in [-0.05, 0) is 31.7 Å². The first-order valence-corrected chi connectivity index (χ1v) is 7.01. The van der Waals surface area contributed by atoms with E-state index < -0.39 is 0 Å². The zero-order valence-electron chi connectivity index (χ0n) is 11.7. The molecule has 104 valence electrons. The van der Waals surface area contributed by atoms with Gasteiger partial charge in [-0.25, -0.2) is 4.98 Å². The van der Waals surface area contributed by atoms with Crippen molar-refractivity contribution in [1.29, 1.82) is 0 Å². The number of amides is 1. The Hall–Kier alpha value is -1.58. The zero-order chi connectivity index (χ0) is 13.7. The van der Waals surface area contributed by atoms with Crippen molar-refractivity contribution >= 4 is 5.91 Å². The van der Waals surface area contributed by atoms with Crippen LogP contribution in [0.2, 0.25) is 0 Å². The molecule has 19 heavy (non-hydrogen) atoms. The lowest BCUT2D eigenvalue weighted by atomic mass is 9.84. The lowest BCUT2D eigenvalue weighted by Gasteiger charge is -2.28. The fourth-order valence-corrected chi connectivity index (χ4v) is 2.70. The van der Waals surface area contributed by atoms with Gasteiger partial charge in [0.05, 0.1) is 7.11 Å². The van der Waals surface area contributed by atoms with Gasteiger partial charge >= 0.3 is 0 Å². The number of nitrogens with zero attached hydrogens (tertiary/aromatic N) is 1. The average molecular weight is 262 g/mol. The summed E-state index contributed by atoms with van der Waals surface area (Å²) in [6, 6.07) is 3.61. The van der Waals surface area contributed by atoms with Gasteiger partial charge in [-0.15, -0.1) is 0 Å². The molecule has 1 heterocycles. The van der Waals surface area contributed by atoms with Crippen LogP contribution in [0, 0.1) is 5.92 Å². The number of methoxy groups -OCH3 is 1. The molecule has 1 aliphatic carbocycles. The van der Waals surface area contributed by atoms with Crippen LogP contribution >= 0.6 is 0 Å². The second-order valence-electron chi connectivity index (χ2n) is 5.25. The van der Waals surface area contributed by atoms with Gasteiger partial charge in [0.2, 0.25) is 5.88 Å². The molecule has 0 saturated heterocycles. The second-order valence-corrected chi connectivity index (χ2v) is 5.25. The van der Waals surface area contributed by atoms with Crippen LogP contribution < -0.4 is 10.1 Å². The van der Waals surface area contributed by atoms with E-state index in [2.05, 4.69) is 17.2 Å². The van der Waals surface area contributed by atoms with Crippen molar-refractivity contribution in [1.82, 2.24) is 10.3 Å². The van der Waals surface area contributed by atoms with Crippen LogP contribution in [0.1, 0.15) is 49.4 Å². The predicted octanol–water partition coefficient (Wildman–Crippen LogP) is 2.79. The smallest absolute Gasteiger partial charge is 0.251 e. The topological polar surface area (TPSA) is 51.2 Å². The Morgan fingerprint density at radius 1 is 1.42 bits per heavy atom. The summed E-state index contributed by atoms with van der Waals surface area (Å²) in [4.78, 5) is 16.2. The van der Waals surface area contributed by atoms with E-state index >= 15 is 0 Å². The first-order chi connectivity index (χ1) is 9.20. The third-order valence-electron chi connectivity index (χ3n) is 3.92. The van der Waals surface area contributed by atoms with E-state index in [4.69, 9.17) is 4.74 Å². The first-order valence-electron chi connectivity index (χ1n) is 7.01. The van der Waals surface area contributed by atoms with E-state index in [0.717, 1.165) is 0 Å². The van der Waals surface area contributed by atoms with Crippen molar-refractivity contribution in [3.05, 3.63) is 23.9 Å². The Bertz CT molecular complexity index is 428. The van der Waals surface area contributed by atoms with Gasteiger partial charge < -0.3 is 10.1 Å². The van der Waals surface area contributed by atoms with Gasteiger partial charge in [0.1, 0.15) is 0 Å². The van der Waals surface area contributed by atoms with Gasteiger partial charge in [0, 0.05) is 23.9 Å². The molecule has 1 aliphatic rings. The molecule has 0 radical (unpaired) electrons.